The van der Waals surface area contributed by atoms with Crippen molar-refractivity contribution in [1.29, 1.82) is 0 Å². The van der Waals surface area contributed by atoms with Crippen LogP contribution in [0.2, 0.25) is 0 Å². The fourth-order valence-corrected chi connectivity index (χ4v) is 1.41. The Hall–Kier alpha value is -0.560. The average molecular weight is 138 g/mol. The summed E-state index contributed by atoms with van der Waals surface area (Å²) in [5, 5.41) is 9.45. The molecule has 1 heteroatoms. The number of aliphatic hydroxyl groups is 1. The Morgan fingerprint density at radius 2 is 2.00 bits per heavy atom. The molecule has 0 aromatic heterocycles. The molecule has 0 fully saturated rings. The smallest absolute Gasteiger partial charge is 0.0810 e. The largest absolute Gasteiger partial charge is 0.388 e. The molecule has 0 radical (unpaired) electrons. The molecule has 0 spiro atoms. The molecule has 0 saturated carbocycles. The molecule has 1 rings (SSSR count). The van der Waals surface area contributed by atoms with E-state index < -0.39 is 0 Å². The minimum Gasteiger partial charge on any atom is -0.388 e. The lowest BCUT2D eigenvalue weighted by Crippen LogP contribution is -2.19. The zero-order chi connectivity index (χ0) is 7.72. The highest BCUT2D eigenvalue weighted by Gasteiger charge is 2.16. The number of allylic oxidation sites excluding steroid dienone is 2. The molecule has 2 atom stereocenters. The zero-order valence-electron chi connectivity index (χ0n) is 6.76. The highest BCUT2D eigenvalue weighted by molar-refractivity contribution is 5.29. The van der Waals surface area contributed by atoms with Crippen LogP contribution in [0.3, 0.4) is 0 Å². The molecule has 0 aliphatic heterocycles. The van der Waals surface area contributed by atoms with Crippen molar-refractivity contribution in [3.63, 3.8) is 0 Å². The van der Waals surface area contributed by atoms with Gasteiger partial charge in [0.15, 0.2) is 0 Å². The van der Waals surface area contributed by atoms with E-state index in [9.17, 15) is 5.11 Å². The van der Waals surface area contributed by atoms with Crippen molar-refractivity contribution in [1.82, 2.24) is 0 Å². The van der Waals surface area contributed by atoms with Crippen LogP contribution in [0.25, 0.3) is 0 Å². The van der Waals surface area contributed by atoms with Crippen LogP contribution in [0.1, 0.15) is 20.8 Å². The maximum absolute atomic E-state index is 9.45. The van der Waals surface area contributed by atoms with Crippen LogP contribution in [0.4, 0.5) is 0 Å². The van der Waals surface area contributed by atoms with E-state index in [1.807, 2.05) is 19.9 Å². The Balaban J connectivity index is 2.85. The monoisotopic (exact) mass is 138 g/mol. The number of hydrogen-bond donors (Lipinski definition) is 1. The topological polar surface area (TPSA) is 20.2 Å². The molecular weight excluding hydrogens is 124 g/mol. The highest BCUT2D eigenvalue weighted by atomic mass is 16.3. The molecule has 1 aliphatic rings. The molecule has 0 aromatic carbocycles. The summed E-state index contributed by atoms with van der Waals surface area (Å²) in [6, 6.07) is 0. The summed E-state index contributed by atoms with van der Waals surface area (Å²) in [4.78, 5) is 0. The summed E-state index contributed by atoms with van der Waals surface area (Å²) in [5.41, 5.74) is 2.34. The van der Waals surface area contributed by atoms with Crippen LogP contribution in [-0.2, 0) is 0 Å². The van der Waals surface area contributed by atoms with E-state index in [1.54, 1.807) is 0 Å². The van der Waals surface area contributed by atoms with Crippen molar-refractivity contribution >= 4 is 0 Å². The Kier molecular flexibility index (Phi) is 1.95. The summed E-state index contributed by atoms with van der Waals surface area (Å²) in [6.07, 6.45) is 3.87. The van der Waals surface area contributed by atoms with Gasteiger partial charge in [0.2, 0.25) is 0 Å². The van der Waals surface area contributed by atoms with Gasteiger partial charge in [-0.25, -0.2) is 0 Å². The van der Waals surface area contributed by atoms with Gasteiger partial charge >= 0.3 is 0 Å². The van der Waals surface area contributed by atoms with Crippen molar-refractivity contribution < 1.29 is 5.11 Å². The van der Waals surface area contributed by atoms with Gasteiger partial charge in [0.25, 0.3) is 0 Å². The predicted molar refractivity (Wildman–Crippen MR) is 42.7 cm³/mol. The first-order chi connectivity index (χ1) is 4.61. The first kappa shape index (κ1) is 7.55. The van der Waals surface area contributed by atoms with Crippen molar-refractivity contribution in [2.45, 2.75) is 26.9 Å². The maximum Gasteiger partial charge on any atom is 0.0810 e. The second-order valence-electron chi connectivity index (χ2n) is 3.10. The first-order valence-corrected chi connectivity index (χ1v) is 3.66. The normalized spacial score (nSPS) is 33.2. The second kappa shape index (κ2) is 2.59. The van der Waals surface area contributed by atoms with Gasteiger partial charge < -0.3 is 5.11 Å². The van der Waals surface area contributed by atoms with Crippen LogP contribution in [-0.4, -0.2) is 11.2 Å². The molecule has 0 amide bonds. The molecule has 56 valence electrons. The van der Waals surface area contributed by atoms with Gasteiger partial charge in [0.1, 0.15) is 0 Å². The van der Waals surface area contributed by atoms with Crippen molar-refractivity contribution in [2.24, 2.45) is 5.92 Å². The summed E-state index contributed by atoms with van der Waals surface area (Å²) in [5.74, 6) is 0.282. The van der Waals surface area contributed by atoms with Crippen LogP contribution < -0.4 is 0 Å². The molecule has 2 unspecified atom stereocenters. The van der Waals surface area contributed by atoms with Gasteiger partial charge in [-0.05, 0) is 19.4 Å². The predicted octanol–water partition coefficient (Wildman–Crippen LogP) is 1.89. The molecule has 0 bridgehead atoms. The molecule has 0 aromatic rings. The summed E-state index contributed by atoms with van der Waals surface area (Å²) in [6.45, 7) is 6.06. The Labute approximate surface area is 62.1 Å². The van der Waals surface area contributed by atoms with Gasteiger partial charge in [-0.3, -0.25) is 0 Å². The molecule has 0 heterocycles. The molecule has 10 heavy (non-hydrogen) atoms. The third-order valence-electron chi connectivity index (χ3n) is 1.95. The van der Waals surface area contributed by atoms with Crippen LogP contribution in [0.15, 0.2) is 23.3 Å². The van der Waals surface area contributed by atoms with Crippen molar-refractivity contribution in [2.75, 3.05) is 0 Å². The van der Waals surface area contributed by atoms with Crippen molar-refractivity contribution in [3.8, 4) is 0 Å². The van der Waals surface area contributed by atoms with Crippen LogP contribution >= 0.6 is 0 Å². The summed E-state index contributed by atoms with van der Waals surface area (Å²) in [7, 11) is 0. The van der Waals surface area contributed by atoms with E-state index in [1.165, 1.54) is 5.57 Å². The second-order valence-corrected chi connectivity index (χ2v) is 3.10. The Bertz CT molecular complexity index is 189. The Morgan fingerprint density at radius 3 is 2.50 bits per heavy atom. The first-order valence-electron chi connectivity index (χ1n) is 3.66. The SMILES string of the molecule is CC1=CC(C)C(O)C(C)=C1. The van der Waals surface area contributed by atoms with Gasteiger partial charge in [-0.1, -0.05) is 24.6 Å². The lowest BCUT2D eigenvalue weighted by atomic mass is 9.90. The van der Waals surface area contributed by atoms with Crippen LogP contribution in [0, 0.1) is 5.92 Å². The van der Waals surface area contributed by atoms with Gasteiger partial charge in [0.05, 0.1) is 6.10 Å². The minimum atomic E-state index is -0.260. The van der Waals surface area contributed by atoms with E-state index in [0.717, 1.165) is 5.57 Å². The van der Waals surface area contributed by atoms with Gasteiger partial charge in [-0.2, -0.15) is 0 Å². The van der Waals surface area contributed by atoms with Gasteiger partial charge in [-0.15, -0.1) is 0 Å². The quantitative estimate of drug-likeness (QED) is 0.542. The van der Waals surface area contributed by atoms with Crippen molar-refractivity contribution in [3.05, 3.63) is 23.3 Å². The lowest BCUT2D eigenvalue weighted by molar-refractivity contribution is 0.171. The third-order valence-corrected chi connectivity index (χ3v) is 1.95. The third kappa shape index (κ3) is 1.29. The van der Waals surface area contributed by atoms with E-state index in [2.05, 4.69) is 13.0 Å². The van der Waals surface area contributed by atoms with Gasteiger partial charge in [0, 0.05) is 5.92 Å². The molecular formula is C9H14O. The van der Waals surface area contributed by atoms with E-state index in [-0.39, 0.29) is 12.0 Å². The molecule has 1 N–H and O–H groups in total. The number of hydrogen-bond acceptors (Lipinski definition) is 1. The van der Waals surface area contributed by atoms with E-state index >= 15 is 0 Å². The van der Waals surface area contributed by atoms with E-state index in [4.69, 9.17) is 0 Å². The molecule has 1 aliphatic carbocycles. The van der Waals surface area contributed by atoms with Crippen LogP contribution in [0.5, 0.6) is 0 Å². The standard InChI is InChI=1S/C9H14O/c1-6-4-7(2)9(10)8(3)5-6/h4-5,7,9-10H,1-3H3. The lowest BCUT2D eigenvalue weighted by Gasteiger charge is -2.21. The number of aliphatic hydroxyl groups excluding tert-OH is 1. The fraction of sp³-hybridized carbons (Fsp3) is 0.556. The Morgan fingerprint density at radius 1 is 1.40 bits per heavy atom. The zero-order valence-corrected chi connectivity index (χ0v) is 6.76. The highest BCUT2D eigenvalue weighted by Crippen LogP contribution is 2.21. The average Bonchev–Trinajstić information content (AvgIpc) is 1.82. The van der Waals surface area contributed by atoms with E-state index in [0.29, 0.717) is 0 Å². The summed E-state index contributed by atoms with van der Waals surface area (Å²) < 4.78 is 0. The summed E-state index contributed by atoms with van der Waals surface area (Å²) >= 11 is 0. The fourth-order valence-electron chi connectivity index (χ4n) is 1.41. The minimum absolute atomic E-state index is 0.260. The molecule has 1 nitrogen and oxygen atoms in total. The maximum atomic E-state index is 9.45. The molecule has 0 saturated heterocycles. The number of rotatable bonds is 0.